The monoisotopic (exact) mass is 203 g/mol. The molecule has 5 nitrogen and oxygen atoms in total. The average molecular weight is 203 g/mol. The molecule has 2 unspecified atom stereocenters. The Morgan fingerprint density at radius 3 is 2.50 bits per heavy atom. The molecule has 0 rings (SSSR count). The first-order chi connectivity index (χ1) is 6.24. The Balaban J connectivity index is 3.92. The molecule has 5 heteroatoms. The van der Waals surface area contributed by atoms with E-state index in [0.717, 1.165) is 0 Å². The van der Waals surface area contributed by atoms with Gasteiger partial charge in [-0.1, -0.05) is 0 Å². The van der Waals surface area contributed by atoms with Crippen LogP contribution in [0.15, 0.2) is 0 Å². The lowest BCUT2D eigenvalue weighted by Crippen LogP contribution is -2.50. The van der Waals surface area contributed by atoms with Crippen molar-refractivity contribution in [1.82, 2.24) is 10.2 Å². The Hall–Kier alpha value is -0.650. The van der Waals surface area contributed by atoms with Crippen LogP contribution >= 0.6 is 0 Å². The van der Waals surface area contributed by atoms with E-state index in [0.29, 0.717) is 13.1 Å². The van der Waals surface area contributed by atoms with E-state index in [2.05, 4.69) is 5.32 Å². The average Bonchev–Trinajstić information content (AvgIpc) is 1.97. The van der Waals surface area contributed by atoms with Crippen LogP contribution in [-0.2, 0) is 4.79 Å². The van der Waals surface area contributed by atoms with E-state index in [4.69, 9.17) is 5.73 Å². The first-order valence-electron chi connectivity index (χ1n) is 4.64. The maximum atomic E-state index is 10.7. The molecule has 0 bridgehead atoms. The lowest BCUT2D eigenvalue weighted by atomic mass is 10.1. The molecule has 0 heterocycles. The minimum absolute atomic E-state index is 0.343. The zero-order valence-corrected chi connectivity index (χ0v) is 9.37. The molecule has 0 aromatic carbocycles. The lowest BCUT2D eigenvalue weighted by molar-refractivity contribution is -0.119. The summed E-state index contributed by atoms with van der Waals surface area (Å²) in [4.78, 5) is 12.6. The van der Waals surface area contributed by atoms with Crippen LogP contribution in [0.3, 0.4) is 0 Å². The molecule has 0 spiro atoms. The molecule has 14 heavy (non-hydrogen) atoms. The van der Waals surface area contributed by atoms with E-state index in [1.807, 2.05) is 19.0 Å². The Labute approximate surface area is 85.3 Å². The molecule has 0 aliphatic carbocycles. The molecule has 2 atom stereocenters. The van der Waals surface area contributed by atoms with Crippen LogP contribution in [0.2, 0.25) is 0 Å². The molecule has 0 saturated carbocycles. The summed E-state index contributed by atoms with van der Waals surface area (Å²) in [6.07, 6.45) is 0. The van der Waals surface area contributed by atoms with Crippen LogP contribution in [0.5, 0.6) is 0 Å². The summed E-state index contributed by atoms with van der Waals surface area (Å²) < 4.78 is 0. The molecule has 0 saturated heterocycles. The predicted octanol–water partition coefficient (Wildman–Crippen LogP) is -1.24. The van der Waals surface area contributed by atoms with Gasteiger partial charge in [0.2, 0.25) is 5.91 Å². The molecule has 84 valence electrons. The van der Waals surface area contributed by atoms with Crippen molar-refractivity contribution in [2.45, 2.75) is 25.5 Å². The first kappa shape index (κ1) is 13.4. The number of likely N-dealkylation sites (N-methyl/N-ethyl adjacent to an activating group) is 1. The fraction of sp³-hybridized carbons (Fsp3) is 0.889. The molecular formula is C9H21N3O2. The van der Waals surface area contributed by atoms with Crippen LogP contribution in [0.4, 0.5) is 0 Å². The van der Waals surface area contributed by atoms with Gasteiger partial charge in [-0.25, -0.2) is 0 Å². The highest BCUT2D eigenvalue weighted by Crippen LogP contribution is 2.02. The minimum Gasteiger partial charge on any atom is -0.388 e. The Morgan fingerprint density at radius 2 is 2.14 bits per heavy atom. The summed E-state index contributed by atoms with van der Waals surface area (Å²) in [5.74, 6) is -0.411. The number of nitrogens with zero attached hydrogens (tertiary/aromatic N) is 1. The zero-order valence-electron chi connectivity index (χ0n) is 9.37. The van der Waals surface area contributed by atoms with E-state index >= 15 is 0 Å². The van der Waals surface area contributed by atoms with Gasteiger partial charge in [0.15, 0.2) is 0 Å². The van der Waals surface area contributed by atoms with Gasteiger partial charge in [0.1, 0.15) is 0 Å². The molecular weight excluding hydrogens is 182 g/mol. The number of hydrogen-bond donors (Lipinski definition) is 3. The van der Waals surface area contributed by atoms with Gasteiger partial charge in [0.05, 0.1) is 11.6 Å². The number of nitrogens with two attached hydrogens (primary N) is 1. The number of rotatable bonds is 6. The molecule has 0 radical (unpaired) electrons. The topological polar surface area (TPSA) is 78.6 Å². The van der Waals surface area contributed by atoms with E-state index in [-0.39, 0.29) is 0 Å². The van der Waals surface area contributed by atoms with E-state index in [1.54, 1.807) is 13.8 Å². The van der Waals surface area contributed by atoms with Crippen molar-refractivity contribution in [3.63, 3.8) is 0 Å². The summed E-state index contributed by atoms with van der Waals surface area (Å²) >= 11 is 0. The predicted molar refractivity (Wildman–Crippen MR) is 55.8 cm³/mol. The van der Waals surface area contributed by atoms with Crippen molar-refractivity contribution in [3.05, 3.63) is 0 Å². The highest BCUT2D eigenvalue weighted by atomic mass is 16.3. The highest BCUT2D eigenvalue weighted by molar-refractivity contribution is 5.79. The number of nitrogens with one attached hydrogen (secondary N) is 1. The van der Waals surface area contributed by atoms with Crippen molar-refractivity contribution < 1.29 is 9.90 Å². The van der Waals surface area contributed by atoms with Crippen LogP contribution in [-0.4, -0.2) is 54.7 Å². The van der Waals surface area contributed by atoms with Crippen molar-refractivity contribution in [3.8, 4) is 0 Å². The Morgan fingerprint density at radius 1 is 1.64 bits per heavy atom. The van der Waals surface area contributed by atoms with E-state index in [9.17, 15) is 9.90 Å². The SMILES string of the molecule is CC(NCC(C)(O)CN(C)C)C(N)=O. The molecule has 4 N–H and O–H groups in total. The van der Waals surface area contributed by atoms with E-state index < -0.39 is 17.6 Å². The second kappa shape index (κ2) is 5.29. The van der Waals surface area contributed by atoms with Crippen molar-refractivity contribution in [1.29, 1.82) is 0 Å². The number of hydrogen-bond acceptors (Lipinski definition) is 4. The maximum Gasteiger partial charge on any atom is 0.234 e. The quantitative estimate of drug-likeness (QED) is 0.505. The van der Waals surface area contributed by atoms with Gasteiger partial charge >= 0.3 is 0 Å². The third-order valence-electron chi connectivity index (χ3n) is 1.87. The minimum atomic E-state index is -0.854. The number of aliphatic hydroxyl groups is 1. The van der Waals surface area contributed by atoms with Gasteiger partial charge in [-0.2, -0.15) is 0 Å². The summed E-state index contributed by atoms with van der Waals surface area (Å²) in [7, 11) is 3.76. The highest BCUT2D eigenvalue weighted by Gasteiger charge is 2.22. The van der Waals surface area contributed by atoms with Gasteiger partial charge < -0.3 is 21.1 Å². The number of amides is 1. The zero-order chi connectivity index (χ0) is 11.4. The third kappa shape index (κ3) is 5.90. The largest absolute Gasteiger partial charge is 0.388 e. The van der Waals surface area contributed by atoms with Crippen LogP contribution in [0, 0.1) is 0 Å². The normalized spacial score (nSPS) is 17.9. The van der Waals surface area contributed by atoms with Gasteiger partial charge in [-0.15, -0.1) is 0 Å². The van der Waals surface area contributed by atoms with Crippen LogP contribution in [0.25, 0.3) is 0 Å². The van der Waals surface area contributed by atoms with Crippen molar-refractivity contribution >= 4 is 5.91 Å². The Bertz CT molecular complexity index is 192. The Kier molecular flexibility index (Phi) is 5.04. The smallest absolute Gasteiger partial charge is 0.234 e. The fourth-order valence-electron chi connectivity index (χ4n) is 1.21. The van der Waals surface area contributed by atoms with Gasteiger partial charge in [0.25, 0.3) is 0 Å². The second-order valence-corrected chi connectivity index (χ2v) is 4.24. The number of primary amides is 1. The van der Waals surface area contributed by atoms with Crippen LogP contribution in [0.1, 0.15) is 13.8 Å². The van der Waals surface area contributed by atoms with Gasteiger partial charge in [-0.05, 0) is 27.9 Å². The number of carbonyl (C=O) groups excluding carboxylic acids is 1. The van der Waals surface area contributed by atoms with Gasteiger partial charge in [0, 0.05) is 13.1 Å². The third-order valence-corrected chi connectivity index (χ3v) is 1.87. The van der Waals surface area contributed by atoms with Crippen molar-refractivity contribution in [2.24, 2.45) is 5.73 Å². The van der Waals surface area contributed by atoms with Crippen LogP contribution < -0.4 is 11.1 Å². The van der Waals surface area contributed by atoms with Crippen molar-refractivity contribution in [2.75, 3.05) is 27.2 Å². The summed E-state index contributed by atoms with van der Waals surface area (Å²) in [5, 5.41) is 12.7. The second-order valence-electron chi connectivity index (χ2n) is 4.24. The fourth-order valence-corrected chi connectivity index (χ4v) is 1.21. The summed E-state index contributed by atoms with van der Waals surface area (Å²) in [6, 6.07) is -0.413. The summed E-state index contributed by atoms with van der Waals surface area (Å²) in [6.45, 7) is 4.27. The molecule has 0 aliphatic heterocycles. The van der Waals surface area contributed by atoms with E-state index in [1.165, 1.54) is 0 Å². The molecule has 0 aromatic heterocycles. The molecule has 0 fully saturated rings. The summed E-state index contributed by atoms with van der Waals surface area (Å²) in [5.41, 5.74) is 4.22. The molecule has 1 amide bonds. The first-order valence-corrected chi connectivity index (χ1v) is 4.64. The maximum absolute atomic E-state index is 10.7. The number of carbonyl (C=O) groups is 1. The van der Waals surface area contributed by atoms with Gasteiger partial charge in [-0.3, -0.25) is 4.79 Å². The lowest BCUT2D eigenvalue weighted by Gasteiger charge is -2.28. The molecule has 0 aromatic rings. The molecule has 0 aliphatic rings. The standard InChI is InChI=1S/C9H21N3O2/c1-7(8(10)13)11-5-9(2,14)6-12(3)4/h7,11,14H,5-6H2,1-4H3,(H2,10,13).